The third-order valence-corrected chi connectivity index (χ3v) is 3.63. The molecule has 0 bridgehead atoms. The minimum absolute atomic E-state index is 0.245. The molecular formula is C13H17N3O3S. The first-order valence-corrected chi connectivity index (χ1v) is 7.60. The highest BCUT2D eigenvalue weighted by Gasteiger charge is 2.26. The highest BCUT2D eigenvalue weighted by Crippen LogP contribution is 2.23. The molecule has 108 valence electrons. The van der Waals surface area contributed by atoms with Crippen molar-refractivity contribution in [2.75, 3.05) is 0 Å². The van der Waals surface area contributed by atoms with E-state index in [1.165, 1.54) is 10.7 Å². The van der Waals surface area contributed by atoms with Gasteiger partial charge < -0.3 is 5.11 Å². The van der Waals surface area contributed by atoms with Crippen LogP contribution in [0.1, 0.15) is 25.1 Å². The van der Waals surface area contributed by atoms with Gasteiger partial charge in [0.25, 0.3) is 10.0 Å². The number of benzene rings is 1. The van der Waals surface area contributed by atoms with Gasteiger partial charge in [-0.3, -0.25) is 4.68 Å². The van der Waals surface area contributed by atoms with Gasteiger partial charge >= 0.3 is 0 Å². The zero-order chi connectivity index (χ0) is 15.0. The number of rotatable bonds is 4. The summed E-state index contributed by atoms with van der Waals surface area (Å²) in [6.45, 7) is 3.49. The molecule has 7 heteroatoms. The number of aliphatic hydroxyl groups is 1. The van der Waals surface area contributed by atoms with E-state index in [0.29, 0.717) is 12.2 Å². The maximum absolute atomic E-state index is 11.4. The van der Waals surface area contributed by atoms with Crippen molar-refractivity contribution >= 4 is 10.0 Å². The molecular weight excluding hydrogens is 278 g/mol. The van der Waals surface area contributed by atoms with Crippen LogP contribution in [0.3, 0.4) is 0 Å². The summed E-state index contributed by atoms with van der Waals surface area (Å²) in [6, 6.07) is 10.7. The molecule has 0 amide bonds. The zero-order valence-electron chi connectivity index (χ0n) is 11.3. The number of sulfonamides is 1. The van der Waals surface area contributed by atoms with Crippen molar-refractivity contribution in [3.8, 4) is 0 Å². The van der Waals surface area contributed by atoms with Crippen LogP contribution in [-0.4, -0.2) is 23.3 Å². The maximum Gasteiger partial charge on any atom is 0.257 e. The van der Waals surface area contributed by atoms with Crippen LogP contribution in [0, 0.1) is 0 Å². The lowest BCUT2D eigenvalue weighted by Gasteiger charge is -2.18. The molecule has 2 aromatic rings. The molecule has 0 atom stereocenters. The molecule has 1 aromatic carbocycles. The first kappa shape index (κ1) is 14.7. The molecule has 0 radical (unpaired) electrons. The van der Waals surface area contributed by atoms with Crippen LogP contribution >= 0.6 is 0 Å². The van der Waals surface area contributed by atoms with E-state index in [0.717, 1.165) is 5.56 Å². The quantitative estimate of drug-likeness (QED) is 0.872. The van der Waals surface area contributed by atoms with Gasteiger partial charge in [0.1, 0.15) is 5.60 Å². The Morgan fingerprint density at radius 1 is 1.30 bits per heavy atom. The van der Waals surface area contributed by atoms with Gasteiger partial charge in [-0.2, -0.15) is 5.10 Å². The van der Waals surface area contributed by atoms with Gasteiger partial charge in [-0.25, -0.2) is 13.6 Å². The average Bonchev–Trinajstić information content (AvgIpc) is 2.74. The zero-order valence-corrected chi connectivity index (χ0v) is 12.1. The van der Waals surface area contributed by atoms with Crippen molar-refractivity contribution in [2.45, 2.75) is 31.0 Å². The summed E-state index contributed by atoms with van der Waals surface area (Å²) in [5.74, 6) is 0. The molecule has 2 rings (SSSR count). The Hall–Kier alpha value is -1.70. The van der Waals surface area contributed by atoms with Gasteiger partial charge in [-0.15, -0.1) is 0 Å². The van der Waals surface area contributed by atoms with E-state index in [1.807, 2.05) is 30.3 Å². The maximum atomic E-state index is 11.4. The predicted molar refractivity (Wildman–Crippen MR) is 74.4 cm³/mol. The summed E-state index contributed by atoms with van der Waals surface area (Å²) < 4.78 is 24.2. The number of hydrogen-bond acceptors (Lipinski definition) is 4. The van der Waals surface area contributed by atoms with Gasteiger partial charge in [0.15, 0.2) is 5.03 Å². The van der Waals surface area contributed by atoms with Crippen LogP contribution in [-0.2, 0) is 22.2 Å². The Bertz CT molecular complexity index is 700. The van der Waals surface area contributed by atoms with E-state index in [4.69, 9.17) is 5.14 Å². The SMILES string of the molecule is CC(C)(O)c1cc(S(N)(=O)=O)nn1Cc1ccccc1. The fourth-order valence-electron chi connectivity index (χ4n) is 1.90. The first-order valence-electron chi connectivity index (χ1n) is 6.05. The Morgan fingerprint density at radius 3 is 2.40 bits per heavy atom. The number of nitrogens with two attached hydrogens (primary N) is 1. The van der Waals surface area contributed by atoms with Crippen molar-refractivity contribution in [3.63, 3.8) is 0 Å². The van der Waals surface area contributed by atoms with Crippen LogP contribution in [0.4, 0.5) is 0 Å². The summed E-state index contributed by atoms with van der Waals surface area (Å²) in [5, 5.41) is 19.0. The molecule has 0 aliphatic rings. The molecule has 0 aliphatic heterocycles. The number of hydrogen-bond donors (Lipinski definition) is 2. The molecule has 1 aromatic heterocycles. The largest absolute Gasteiger partial charge is 0.384 e. The second-order valence-electron chi connectivity index (χ2n) is 5.12. The number of nitrogens with zero attached hydrogens (tertiary/aromatic N) is 2. The Labute approximate surface area is 117 Å². The highest BCUT2D eigenvalue weighted by molar-refractivity contribution is 7.89. The van der Waals surface area contributed by atoms with Crippen LogP contribution < -0.4 is 5.14 Å². The topological polar surface area (TPSA) is 98.2 Å². The normalized spacial score (nSPS) is 12.6. The van der Waals surface area contributed by atoms with E-state index < -0.39 is 15.6 Å². The smallest absolute Gasteiger partial charge is 0.257 e. The minimum Gasteiger partial charge on any atom is -0.384 e. The van der Waals surface area contributed by atoms with Crippen molar-refractivity contribution in [1.82, 2.24) is 9.78 Å². The van der Waals surface area contributed by atoms with Gasteiger partial charge in [-0.05, 0) is 19.4 Å². The Balaban J connectivity index is 2.48. The van der Waals surface area contributed by atoms with Crippen molar-refractivity contribution in [3.05, 3.63) is 47.7 Å². The van der Waals surface area contributed by atoms with E-state index in [9.17, 15) is 13.5 Å². The van der Waals surface area contributed by atoms with Gasteiger partial charge in [0, 0.05) is 6.07 Å². The van der Waals surface area contributed by atoms with Gasteiger partial charge in [-0.1, -0.05) is 30.3 Å². The lowest BCUT2D eigenvalue weighted by Crippen LogP contribution is -2.21. The van der Waals surface area contributed by atoms with Crippen molar-refractivity contribution in [2.24, 2.45) is 5.14 Å². The van der Waals surface area contributed by atoms with E-state index >= 15 is 0 Å². The highest BCUT2D eigenvalue weighted by atomic mass is 32.2. The average molecular weight is 295 g/mol. The third-order valence-electron chi connectivity index (χ3n) is 2.85. The van der Waals surface area contributed by atoms with Crippen LogP contribution in [0.5, 0.6) is 0 Å². The lowest BCUT2D eigenvalue weighted by atomic mass is 10.1. The summed E-state index contributed by atoms with van der Waals surface area (Å²) in [4.78, 5) is 0. The molecule has 0 fully saturated rings. The lowest BCUT2D eigenvalue weighted by molar-refractivity contribution is 0.0688. The standard InChI is InChI=1S/C13H17N3O3S/c1-13(2,17)11-8-12(20(14,18)19)15-16(11)9-10-6-4-3-5-7-10/h3-8,17H,9H2,1-2H3,(H2,14,18,19). The monoisotopic (exact) mass is 295 g/mol. The van der Waals surface area contributed by atoms with Gasteiger partial charge in [0.2, 0.25) is 0 Å². The Morgan fingerprint density at radius 2 is 1.90 bits per heavy atom. The minimum atomic E-state index is -3.90. The third kappa shape index (κ3) is 3.24. The molecule has 20 heavy (non-hydrogen) atoms. The second kappa shape index (κ2) is 5.01. The Kier molecular flexibility index (Phi) is 3.68. The van der Waals surface area contributed by atoms with Crippen molar-refractivity contribution in [1.29, 1.82) is 0 Å². The van der Waals surface area contributed by atoms with Gasteiger partial charge in [0.05, 0.1) is 12.2 Å². The fraction of sp³-hybridized carbons (Fsp3) is 0.308. The molecule has 6 nitrogen and oxygen atoms in total. The summed E-state index contributed by atoms with van der Waals surface area (Å²) in [6.07, 6.45) is 0. The number of primary sulfonamides is 1. The summed E-state index contributed by atoms with van der Waals surface area (Å²) in [7, 11) is -3.90. The van der Waals surface area contributed by atoms with Crippen LogP contribution in [0.25, 0.3) is 0 Å². The molecule has 0 spiro atoms. The van der Waals surface area contributed by atoms with Crippen LogP contribution in [0.15, 0.2) is 41.4 Å². The van der Waals surface area contributed by atoms with E-state index in [2.05, 4.69) is 5.10 Å². The summed E-state index contributed by atoms with van der Waals surface area (Å²) in [5.41, 5.74) is 0.123. The summed E-state index contributed by atoms with van der Waals surface area (Å²) >= 11 is 0. The molecule has 3 N–H and O–H groups in total. The number of aromatic nitrogens is 2. The molecule has 0 saturated carbocycles. The first-order chi connectivity index (χ1) is 9.18. The molecule has 0 unspecified atom stereocenters. The molecule has 0 saturated heterocycles. The predicted octanol–water partition coefficient (Wildman–Crippen LogP) is 0.806. The van der Waals surface area contributed by atoms with E-state index in [1.54, 1.807) is 13.8 Å². The van der Waals surface area contributed by atoms with E-state index in [-0.39, 0.29) is 5.03 Å². The molecule has 0 aliphatic carbocycles. The molecule has 1 heterocycles. The fourth-order valence-corrected chi connectivity index (χ4v) is 2.39. The second-order valence-corrected chi connectivity index (χ2v) is 6.62. The van der Waals surface area contributed by atoms with Crippen molar-refractivity contribution < 1.29 is 13.5 Å². The van der Waals surface area contributed by atoms with Crippen LogP contribution in [0.2, 0.25) is 0 Å².